The van der Waals surface area contributed by atoms with Crippen LogP contribution in [0.2, 0.25) is 0 Å². The highest BCUT2D eigenvalue weighted by Crippen LogP contribution is 2.39. The summed E-state index contributed by atoms with van der Waals surface area (Å²) in [6.07, 6.45) is 7.27. The van der Waals surface area contributed by atoms with Gasteiger partial charge in [0.05, 0.1) is 12.8 Å². The van der Waals surface area contributed by atoms with E-state index in [2.05, 4.69) is 9.98 Å². The molecule has 1 aliphatic heterocycles. The third kappa shape index (κ3) is 3.47. The first-order valence-electron chi connectivity index (χ1n) is 9.47. The number of hydrogen-bond acceptors (Lipinski definition) is 7. The standard InChI is InChI=1S/C20H24N4O4/c1-27-18-8-15-17(9-16(18)24-7-6-14(19(21)26)22-11-24)28-20(23-15)13-4-2-12(10-25)3-5-13/h6-9,12-13,25H,2-5,10-11H2,1H3,(H2,21,26). The van der Waals surface area contributed by atoms with Crippen molar-refractivity contribution in [1.82, 2.24) is 4.98 Å². The Morgan fingerprint density at radius 2 is 2.14 bits per heavy atom. The van der Waals surface area contributed by atoms with Gasteiger partial charge in [-0.1, -0.05) is 0 Å². The van der Waals surface area contributed by atoms with Gasteiger partial charge in [-0.3, -0.25) is 9.79 Å². The van der Waals surface area contributed by atoms with Crippen molar-refractivity contribution in [3.05, 3.63) is 30.3 Å². The number of aromatic nitrogens is 1. The van der Waals surface area contributed by atoms with E-state index in [-0.39, 0.29) is 24.9 Å². The van der Waals surface area contributed by atoms with E-state index in [0.29, 0.717) is 17.3 Å². The molecule has 0 saturated heterocycles. The number of nitrogens with zero attached hydrogens (tertiary/aromatic N) is 3. The van der Waals surface area contributed by atoms with Crippen molar-refractivity contribution in [1.29, 1.82) is 0 Å². The average Bonchev–Trinajstić information content (AvgIpc) is 3.16. The highest BCUT2D eigenvalue weighted by molar-refractivity contribution is 6.43. The molecule has 3 N–H and O–H groups in total. The first kappa shape index (κ1) is 18.5. The third-order valence-corrected chi connectivity index (χ3v) is 5.53. The number of aliphatic imine (C=N–C) groups is 1. The molecule has 0 atom stereocenters. The summed E-state index contributed by atoms with van der Waals surface area (Å²) in [5, 5.41) is 9.32. The van der Waals surface area contributed by atoms with Gasteiger partial charge in [0, 0.05) is 30.9 Å². The van der Waals surface area contributed by atoms with Crippen LogP contribution in [0.15, 0.2) is 33.8 Å². The largest absolute Gasteiger partial charge is 0.494 e. The van der Waals surface area contributed by atoms with Gasteiger partial charge in [-0.05, 0) is 37.7 Å². The summed E-state index contributed by atoms with van der Waals surface area (Å²) in [7, 11) is 1.60. The Morgan fingerprint density at radius 3 is 2.75 bits per heavy atom. The second kappa shape index (κ2) is 7.63. The lowest BCUT2D eigenvalue weighted by Gasteiger charge is -2.24. The molecular formula is C20H24N4O4. The van der Waals surface area contributed by atoms with E-state index in [1.807, 2.05) is 17.0 Å². The van der Waals surface area contributed by atoms with Gasteiger partial charge in [-0.25, -0.2) is 4.98 Å². The molecule has 148 valence electrons. The van der Waals surface area contributed by atoms with Crippen molar-refractivity contribution >= 4 is 28.4 Å². The Hall–Kier alpha value is -2.87. The molecule has 2 heterocycles. The topological polar surface area (TPSA) is 114 Å². The van der Waals surface area contributed by atoms with Crippen LogP contribution >= 0.6 is 0 Å². The third-order valence-electron chi connectivity index (χ3n) is 5.53. The lowest BCUT2D eigenvalue weighted by atomic mass is 9.82. The van der Waals surface area contributed by atoms with Crippen LogP contribution in [0.5, 0.6) is 5.75 Å². The van der Waals surface area contributed by atoms with Crippen LogP contribution in [0, 0.1) is 5.92 Å². The van der Waals surface area contributed by atoms with Crippen molar-refractivity contribution in [2.45, 2.75) is 31.6 Å². The molecule has 0 unspecified atom stereocenters. The van der Waals surface area contributed by atoms with Gasteiger partial charge in [0.2, 0.25) is 0 Å². The molecule has 4 rings (SSSR count). The van der Waals surface area contributed by atoms with Gasteiger partial charge in [-0.2, -0.15) is 0 Å². The van der Waals surface area contributed by atoms with Gasteiger partial charge in [0.15, 0.2) is 11.5 Å². The van der Waals surface area contributed by atoms with Gasteiger partial charge in [0.1, 0.15) is 23.6 Å². The zero-order valence-corrected chi connectivity index (χ0v) is 15.8. The van der Waals surface area contributed by atoms with E-state index < -0.39 is 5.91 Å². The monoisotopic (exact) mass is 384 g/mol. The summed E-state index contributed by atoms with van der Waals surface area (Å²) in [5.41, 5.74) is 7.74. The van der Waals surface area contributed by atoms with Crippen LogP contribution in [0.1, 0.15) is 37.5 Å². The summed E-state index contributed by atoms with van der Waals surface area (Å²) >= 11 is 0. The smallest absolute Gasteiger partial charge is 0.266 e. The number of carbonyl (C=O) groups is 1. The van der Waals surface area contributed by atoms with Crippen LogP contribution in [0.4, 0.5) is 5.69 Å². The maximum Gasteiger partial charge on any atom is 0.266 e. The summed E-state index contributed by atoms with van der Waals surface area (Å²) in [5.74, 6) is 1.52. The number of rotatable bonds is 5. The molecule has 28 heavy (non-hydrogen) atoms. The molecule has 8 heteroatoms. The zero-order chi connectivity index (χ0) is 19.7. The minimum Gasteiger partial charge on any atom is -0.494 e. The molecule has 1 amide bonds. The quantitative estimate of drug-likeness (QED) is 0.818. The van der Waals surface area contributed by atoms with E-state index in [1.165, 1.54) is 0 Å². The number of hydrogen-bond donors (Lipinski definition) is 2. The van der Waals surface area contributed by atoms with Crippen LogP contribution < -0.4 is 15.4 Å². The number of ether oxygens (including phenoxy) is 1. The molecule has 1 aromatic heterocycles. The number of aliphatic hydroxyl groups excluding tert-OH is 1. The van der Waals surface area contributed by atoms with Crippen molar-refractivity contribution in [2.75, 3.05) is 25.3 Å². The minimum atomic E-state index is -0.547. The van der Waals surface area contributed by atoms with Crippen LogP contribution in [0.25, 0.3) is 11.1 Å². The summed E-state index contributed by atoms with van der Waals surface area (Å²) in [6.45, 7) is 0.521. The van der Waals surface area contributed by atoms with Gasteiger partial charge in [0.25, 0.3) is 5.91 Å². The Kier molecular flexibility index (Phi) is 5.04. The summed E-state index contributed by atoms with van der Waals surface area (Å²) < 4.78 is 11.6. The summed E-state index contributed by atoms with van der Waals surface area (Å²) in [4.78, 5) is 22.0. The lowest BCUT2D eigenvalue weighted by Crippen LogP contribution is -2.28. The van der Waals surface area contributed by atoms with Crippen molar-refractivity contribution in [3.63, 3.8) is 0 Å². The van der Waals surface area contributed by atoms with E-state index in [9.17, 15) is 9.90 Å². The number of oxazole rings is 1. The maximum absolute atomic E-state index is 11.2. The SMILES string of the molecule is COc1cc2nc(C3CCC(CO)CC3)oc2cc1N1C=CC(C(N)=O)=NC1. The predicted octanol–water partition coefficient (Wildman–Crippen LogP) is 2.32. The highest BCUT2D eigenvalue weighted by atomic mass is 16.5. The molecule has 1 aliphatic carbocycles. The summed E-state index contributed by atoms with van der Waals surface area (Å²) in [6, 6.07) is 3.75. The zero-order valence-electron chi connectivity index (χ0n) is 15.8. The second-order valence-electron chi connectivity index (χ2n) is 7.28. The average molecular weight is 384 g/mol. The molecule has 0 spiro atoms. The number of amides is 1. The minimum absolute atomic E-state index is 0.247. The molecule has 0 bridgehead atoms. The van der Waals surface area contributed by atoms with E-state index in [4.69, 9.17) is 14.9 Å². The molecule has 1 aromatic carbocycles. The molecular weight excluding hydrogens is 360 g/mol. The number of carbonyl (C=O) groups excluding carboxylic acids is 1. The molecule has 2 aromatic rings. The van der Waals surface area contributed by atoms with Crippen LogP contribution in [-0.2, 0) is 4.79 Å². The van der Waals surface area contributed by atoms with Crippen molar-refractivity contribution < 1.29 is 19.1 Å². The van der Waals surface area contributed by atoms with E-state index in [0.717, 1.165) is 42.8 Å². The number of nitrogens with two attached hydrogens (primary N) is 1. The van der Waals surface area contributed by atoms with Gasteiger partial charge >= 0.3 is 0 Å². The molecule has 8 nitrogen and oxygen atoms in total. The maximum atomic E-state index is 11.2. The molecule has 0 radical (unpaired) electrons. The number of fused-ring (bicyclic) bond motifs is 1. The van der Waals surface area contributed by atoms with Gasteiger partial charge < -0.3 is 24.9 Å². The molecule has 1 fully saturated rings. The Morgan fingerprint density at radius 1 is 1.36 bits per heavy atom. The number of methoxy groups -OCH3 is 1. The normalized spacial score (nSPS) is 22.4. The Balaban J connectivity index is 1.61. The van der Waals surface area contributed by atoms with E-state index in [1.54, 1.807) is 19.4 Å². The fraction of sp³-hybridized carbons (Fsp3) is 0.450. The highest BCUT2D eigenvalue weighted by Gasteiger charge is 2.26. The second-order valence-corrected chi connectivity index (χ2v) is 7.28. The predicted molar refractivity (Wildman–Crippen MR) is 105 cm³/mol. The fourth-order valence-electron chi connectivity index (χ4n) is 3.85. The van der Waals surface area contributed by atoms with E-state index >= 15 is 0 Å². The number of benzene rings is 1. The fourth-order valence-corrected chi connectivity index (χ4v) is 3.85. The number of anilines is 1. The van der Waals surface area contributed by atoms with Crippen LogP contribution in [-0.4, -0.2) is 42.1 Å². The van der Waals surface area contributed by atoms with Gasteiger partial charge in [-0.15, -0.1) is 0 Å². The first-order chi connectivity index (χ1) is 13.6. The Labute approximate surface area is 162 Å². The van der Waals surface area contributed by atoms with Crippen molar-refractivity contribution in [3.8, 4) is 5.75 Å². The van der Waals surface area contributed by atoms with Crippen LogP contribution in [0.3, 0.4) is 0 Å². The number of aliphatic hydroxyl groups is 1. The molecule has 2 aliphatic rings. The lowest BCUT2D eigenvalue weighted by molar-refractivity contribution is -0.111. The first-order valence-corrected chi connectivity index (χ1v) is 9.47. The molecule has 1 saturated carbocycles. The number of primary amides is 1. The van der Waals surface area contributed by atoms with Crippen molar-refractivity contribution in [2.24, 2.45) is 16.6 Å². The Bertz CT molecular complexity index is 941.